The van der Waals surface area contributed by atoms with E-state index in [0.29, 0.717) is 17.5 Å². The fourth-order valence-electron chi connectivity index (χ4n) is 4.85. The Morgan fingerprint density at radius 2 is 1.90 bits per heavy atom. The molecule has 0 radical (unpaired) electrons. The normalized spacial score (nSPS) is 17.9. The molecule has 156 valence electrons. The van der Waals surface area contributed by atoms with Crippen LogP contribution in [0.3, 0.4) is 0 Å². The predicted molar refractivity (Wildman–Crippen MR) is 124 cm³/mol. The summed E-state index contributed by atoms with van der Waals surface area (Å²) in [5.74, 6) is 0.291. The summed E-state index contributed by atoms with van der Waals surface area (Å²) in [6, 6.07) is 11.5. The number of nitrogens with zero attached hydrogens (tertiary/aromatic N) is 2. The van der Waals surface area contributed by atoms with Crippen LogP contribution in [-0.4, -0.2) is 15.5 Å². The van der Waals surface area contributed by atoms with E-state index >= 15 is 0 Å². The van der Waals surface area contributed by atoms with E-state index in [-0.39, 0.29) is 12.1 Å². The molecule has 0 fully saturated rings. The number of anilines is 1. The molecule has 3 heterocycles. The second kappa shape index (κ2) is 7.78. The van der Waals surface area contributed by atoms with E-state index < -0.39 is 0 Å². The molecule has 1 aliphatic heterocycles. The van der Waals surface area contributed by atoms with Crippen LogP contribution in [0.5, 0.6) is 0 Å². The molecule has 30 heavy (non-hydrogen) atoms. The van der Waals surface area contributed by atoms with Crippen LogP contribution in [0.4, 0.5) is 10.5 Å². The van der Waals surface area contributed by atoms with E-state index in [1.54, 1.807) is 12.1 Å². The van der Waals surface area contributed by atoms with Crippen molar-refractivity contribution >= 4 is 34.7 Å². The van der Waals surface area contributed by atoms with Gasteiger partial charge in [-0.3, -0.25) is 0 Å². The Balaban J connectivity index is 1.58. The predicted octanol–water partition coefficient (Wildman–Crippen LogP) is 6.82. The van der Waals surface area contributed by atoms with Gasteiger partial charge in [0.2, 0.25) is 0 Å². The van der Waals surface area contributed by atoms with E-state index in [1.165, 1.54) is 39.5 Å². The smallest absolute Gasteiger partial charge is 0.311 e. The number of halogens is 1. The lowest BCUT2D eigenvalue weighted by Gasteiger charge is -2.33. The molecule has 2 aliphatic rings. The molecule has 6 heteroatoms. The van der Waals surface area contributed by atoms with Gasteiger partial charge < -0.3 is 14.8 Å². The van der Waals surface area contributed by atoms with Crippen LogP contribution in [-0.2, 0) is 19.4 Å². The molecule has 1 N–H and O–H groups in total. The second-order valence-electron chi connectivity index (χ2n) is 8.55. The summed E-state index contributed by atoms with van der Waals surface area (Å²) < 4.78 is 2.33. The second-order valence-corrected chi connectivity index (χ2v) is 10.1. The monoisotopic (exact) mass is 439 g/mol. The first-order valence-electron chi connectivity index (χ1n) is 10.7. The standard InChI is InChI=1S/C24H26ClN3OS/c1-15(2)22-20-7-5-13-27(20)23-19(18-6-3-4-8-21(18)30-23)14-28(22)24(29)26-17-11-9-16(25)10-12-17/h5,7,9-13,15,22H,3-4,6,8,14H2,1-2H3,(H,26,29)/t22-/m0/s1. The molecule has 2 amide bonds. The minimum Gasteiger partial charge on any atom is -0.311 e. The van der Waals surface area contributed by atoms with Crippen LogP contribution >= 0.6 is 22.9 Å². The molecule has 3 aromatic rings. The molecule has 0 saturated heterocycles. The largest absolute Gasteiger partial charge is 0.322 e. The lowest BCUT2D eigenvalue weighted by Crippen LogP contribution is -2.39. The van der Waals surface area contributed by atoms with Crippen LogP contribution < -0.4 is 5.32 Å². The number of rotatable bonds is 2. The van der Waals surface area contributed by atoms with Gasteiger partial charge in [-0.2, -0.15) is 0 Å². The molecular weight excluding hydrogens is 414 g/mol. The highest BCUT2D eigenvalue weighted by Crippen LogP contribution is 2.44. The van der Waals surface area contributed by atoms with Crippen molar-refractivity contribution in [2.75, 3.05) is 5.32 Å². The van der Waals surface area contributed by atoms with Gasteiger partial charge >= 0.3 is 6.03 Å². The molecule has 0 bridgehead atoms. The summed E-state index contributed by atoms with van der Waals surface area (Å²) in [6.07, 6.45) is 6.94. The summed E-state index contributed by atoms with van der Waals surface area (Å²) >= 11 is 7.93. The van der Waals surface area contributed by atoms with Gasteiger partial charge in [0.05, 0.1) is 12.6 Å². The van der Waals surface area contributed by atoms with Crippen LogP contribution in [0, 0.1) is 5.92 Å². The zero-order valence-corrected chi connectivity index (χ0v) is 18.9. The highest BCUT2D eigenvalue weighted by Gasteiger charge is 2.36. The highest BCUT2D eigenvalue weighted by atomic mass is 35.5. The summed E-state index contributed by atoms with van der Waals surface area (Å²) in [4.78, 5) is 17.1. The first-order chi connectivity index (χ1) is 14.5. The van der Waals surface area contributed by atoms with Gasteiger partial charge in [0.15, 0.2) is 0 Å². The minimum atomic E-state index is -0.0626. The van der Waals surface area contributed by atoms with Gasteiger partial charge in [-0.25, -0.2) is 4.79 Å². The van der Waals surface area contributed by atoms with E-state index in [4.69, 9.17) is 11.6 Å². The number of aryl methyl sites for hydroxylation is 1. The maximum atomic E-state index is 13.5. The van der Waals surface area contributed by atoms with Crippen molar-refractivity contribution in [3.05, 3.63) is 69.3 Å². The first-order valence-corrected chi connectivity index (χ1v) is 11.9. The van der Waals surface area contributed by atoms with Crippen molar-refractivity contribution in [1.29, 1.82) is 0 Å². The van der Waals surface area contributed by atoms with Crippen molar-refractivity contribution < 1.29 is 4.79 Å². The zero-order chi connectivity index (χ0) is 20.8. The SMILES string of the molecule is CC(C)[C@H]1c2cccn2-c2sc3c(c2CN1C(=O)Nc1ccc(Cl)cc1)CCCC3. The number of thiophene rings is 1. The lowest BCUT2D eigenvalue weighted by atomic mass is 9.94. The number of aromatic nitrogens is 1. The molecule has 0 spiro atoms. The fraction of sp³-hybridized carbons (Fsp3) is 0.375. The first kappa shape index (κ1) is 19.7. The molecule has 1 atom stereocenters. The summed E-state index contributed by atoms with van der Waals surface area (Å²) in [6.45, 7) is 5.03. The maximum Gasteiger partial charge on any atom is 0.322 e. The van der Waals surface area contributed by atoms with Gasteiger partial charge in [0, 0.05) is 33.0 Å². The Morgan fingerprint density at radius 3 is 2.67 bits per heavy atom. The molecule has 4 nitrogen and oxygen atoms in total. The number of fused-ring (bicyclic) bond motifs is 5. The van der Waals surface area contributed by atoms with E-state index in [2.05, 4.69) is 42.1 Å². The highest BCUT2D eigenvalue weighted by molar-refractivity contribution is 7.15. The Kier molecular flexibility index (Phi) is 5.11. The van der Waals surface area contributed by atoms with Crippen molar-refractivity contribution in [1.82, 2.24) is 9.47 Å². The molecule has 1 aliphatic carbocycles. The number of benzene rings is 1. The number of nitrogens with one attached hydrogen (secondary N) is 1. The van der Waals surface area contributed by atoms with Gasteiger partial charge in [-0.1, -0.05) is 25.4 Å². The number of hydrogen-bond acceptors (Lipinski definition) is 2. The number of carbonyl (C=O) groups excluding carboxylic acids is 1. The average Bonchev–Trinajstić information content (AvgIpc) is 3.31. The average molecular weight is 440 g/mol. The number of hydrogen-bond donors (Lipinski definition) is 1. The number of amides is 2. The van der Waals surface area contributed by atoms with Crippen LogP contribution in [0.15, 0.2) is 42.6 Å². The molecule has 2 aromatic heterocycles. The minimum absolute atomic E-state index is 0.00569. The zero-order valence-electron chi connectivity index (χ0n) is 17.3. The third-order valence-electron chi connectivity index (χ3n) is 6.21. The molecular formula is C24H26ClN3OS. The van der Waals surface area contributed by atoms with Gasteiger partial charge in [-0.05, 0) is 73.6 Å². The van der Waals surface area contributed by atoms with Crippen molar-refractivity contribution in [3.8, 4) is 5.00 Å². The Bertz CT molecular complexity index is 1080. The Labute approximate surface area is 186 Å². The van der Waals surface area contributed by atoms with Gasteiger partial charge in [0.1, 0.15) is 5.00 Å². The number of urea groups is 1. The molecule has 0 saturated carbocycles. The third kappa shape index (κ3) is 3.34. The van der Waals surface area contributed by atoms with E-state index in [0.717, 1.165) is 18.5 Å². The molecule has 5 rings (SSSR count). The van der Waals surface area contributed by atoms with Crippen molar-refractivity contribution in [3.63, 3.8) is 0 Å². The van der Waals surface area contributed by atoms with Crippen LogP contribution in [0.2, 0.25) is 5.02 Å². The third-order valence-corrected chi connectivity index (χ3v) is 7.80. The lowest BCUT2D eigenvalue weighted by molar-refractivity contribution is 0.161. The summed E-state index contributed by atoms with van der Waals surface area (Å²) in [5.41, 5.74) is 4.77. The van der Waals surface area contributed by atoms with Crippen LogP contribution in [0.25, 0.3) is 5.00 Å². The Morgan fingerprint density at radius 1 is 1.13 bits per heavy atom. The van der Waals surface area contributed by atoms with E-state index in [1.807, 2.05) is 28.4 Å². The van der Waals surface area contributed by atoms with Gasteiger partial charge in [0.25, 0.3) is 0 Å². The number of carbonyl (C=O) groups is 1. The molecule has 1 aromatic carbocycles. The summed E-state index contributed by atoms with van der Waals surface area (Å²) in [5, 5.41) is 5.06. The fourth-order valence-corrected chi connectivity index (χ4v) is 6.38. The van der Waals surface area contributed by atoms with Crippen molar-refractivity contribution in [2.45, 2.75) is 52.1 Å². The molecule has 0 unspecified atom stereocenters. The summed E-state index contributed by atoms with van der Waals surface area (Å²) in [7, 11) is 0. The maximum absolute atomic E-state index is 13.5. The topological polar surface area (TPSA) is 37.3 Å². The van der Waals surface area contributed by atoms with E-state index in [9.17, 15) is 4.79 Å². The Hall–Kier alpha value is -2.24. The van der Waals surface area contributed by atoms with Crippen LogP contribution in [0.1, 0.15) is 54.4 Å². The van der Waals surface area contributed by atoms with Crippen molar-refractivity contribution in [2.24, 2.45) is 5.92 Å². The quantitative estimate of drug-likeness (QED) is 0.467. The van der Waals surface area contributed by atoms with Gasteiger partial charge in [-0.15, -0.1) is 11.3 Å².